The zero-order chi connectivity index (χ0) is 46.2. The van der Waals surface area contributed by atoms with E-state index in [1.807, 2.05) is 24.4 Å². The summed E-state index contributed by atoms with van der Waals surface area (Å²) in [6.45, 7) is 36.7. The van der Waals surface area contributed by atoms with Crippen molar-refractivity contribution < 1.29 is 18.4 Å². The van der Waals surface area contributed by atoms with E-state index in [0.717, 1.165) is 91.5 Å². The van der Waals surface area contributed by atoms with Gasteiger partial charge in [-0.1, -0.05) is 92.6 Å². The first kappa shape index (κ1) is 48.9. The molecule has 0 unspecified atom stereocenters. The molecule has 3 heterocycles. The second-order valence-electron chi connectivity index (χ2n) is 22.5. The van der Waals surface area contributed by atoms with Crippen LogP contribution in [0.2, 0.25) is 36.3 Å². The van der Waals surface area contributed by atoms with Crippen LogP contribution in [0.25, 0.3) is 5.65 Å². The molecule has 0 radical (unpaired) electrons. The van der Waals surface area contributed by atoms with Gasteiger partial charge >= 0.3 is 6.03 Å². The van der Waals surface area contributed by atoms with Crippen LogP contribution in [0.4, 0.5) is 10.5 Å². The third-order valence-corrected chi connectivity index (χ3v) is 23.8. The van der Waals surface area contributed by atoms with Gasteiger partial charge in [0, 0.05) is 38.5 Å². The van der Waals surface area contributed by atoms with Gasteiger partial charge < -0.3 is 24.2 Å². The van der Waals surface area contributed by atoms with Gasteiger partial charge in [0.05, 0.1) is 17.8 Å². The van der Waals surface area contributed by atoms with Crippen molar-refractivity contribution in [1.82, 2.24) is 29.7 Å². The number of nitrogens with zero attached hydrogens (tertiary/aromatic N) is 5. The van der Waals surface area contributed by atoms with E-state index in [1.165, 1.54) is 5.56 Å². The van der Waals surface area contributed by atoms with Crippen molar-refractivity contribution >= 4 is 34.0 Å². The molecule has 1 saturated heterocycles. The quantitative estimate of drug-likeness (QED) is 0.114. The molecule has 1 fully saturated rings. The lowest BCUT2D eigenvalue weighted by Gasteiger charge is -2.38. The van der Waals surface area contributed by atoms with E-state index in [2.05, 4.69) is 174 Å². The van der Waals surface area contributed by atoms with Gasteiger partial charge in [0.2, 0.25) is 0 Å². The first-order valence-corrected chi connectivity index (χ1v) is 29.1. The average Bonchev–Trinajstić information content (AvgIpc) is 3.76. The summed E-state index contributed by atoms with van der Waals surface area (Å²) in [6, 6.07) is 18.5. The highest BCUT2D eigenvalue weighted by molar-refractivity contribution is 6.74. The molecule has 13 heteroatoms. The molecule has 0 spiro atoms. The maximum absolute atomic E-state index is 14.0. The summed E-state index contributed by atoms with van der Waals surface area (Å²) in [7, 11) is -1.66. The van der Waals surface area contributed by atoms with Crippen LogP contribution in [0.5, 0.6) is 5.75 Å². The molecule has 3 atom stereocenters. The Morgan fingerprint density at radius 3 is 2.08 bits per heavy atom. The molecule has 4 aromatic rings. The average molecular weight is 898 g/mol. The highest BCUT2D eigenvalue weighted by Gasteiger charge is 2.41. The minimum Gasteiger partial charge on any atom is -0.484 e. The normalized spacial score (nSPS) is 20.3. The van der Waals surface area contributed by atoms with Crippen LogP contribution in [0, 0.1) is 0 Å². The zero-order valence-electron chi connectivity index (χ0n) is 41.4. The minimum atomic E-state index is -1.91. The molecule has 2 aromatic carbocycles. The van der Waals surface area contributed by atoms with Gasteiger partial charge in [-0.15, -0.1) is 10.2 Å². The number of amides is 2. The molecule has 0 bridgehead atoms. The molecule has 2 aliphatic rings. The van der Waals surface area contributed by atoms with Crippen LogP contribution in [0.15, 0.2) is 60.8 Å². The maximum Gasteiger partial charge on any atom is 0.319 e. The topological polar surface area (TPSA) is 105 Å². The summed E-state index contributed by atoms with van der Waals surface area (Å²) >= 11 is 0. The number of anilines is 1. The predicted molar refractivity (Wildman–Crippen MR) is 263 cm³/mol. The molecule has 1 aliphatic heterocycles. The lowest BCUT2D eigenvalue weighted by Crippen LogP contribution is -2.44. The number of pyridine rings is 1. The monoisotopic (exact) mass is 898 g/mol. The minimum absolute atomic E-state index is 0.118. The number of nitrogens with one attached hydrogen (secondary N) is 2. The number of carbonyl (C=O) groups excluding carboxylic acids is 1. The Balaban J connectivity index is 1.16. The van der Waals surface area contributed by atoms with E-state index < -0.39 is 16.6 Å². The van der Waals surface area contributed by atoms with Crippen LogP contribution in [0.1, 0.15) is 135 Å². The summed E-state index contributed by atoms with van der Waals surface area (Å²) in [6.07, 6.45) is 5.56. The summed E-state index contributed by atoms with van der Waals surface area (Å²) in [5.74, 6) is 1.72. The number of carbonyl (C=O) groups is 1. The lowest BCUT2D eigenvalue weighted by atomic mass is 9.85. The summed E-state index contributed by atoms with van der Waals surface area (Å²) in [4.78, 5) is 18.8. The van der Waals surface area contributed by atoms with E-state index in [4.69, 9.17) is 13.6 Å². The van der Waals surface area contributed by atoms with Gasteiger partial charge in [-0.25, -0.2) is 4.79 Å². The van der Waals surface area contributed by atoms with E-state index in [9.17, 15) is 4.79 Å². The molecule has 1 aliphatic carbocycles. The molecule has 2 amide bonds. The first-order chi connectivity index (χ1) is 29.3. The van der Waals surface area contributed by atoms with Crippen molar-refractivity contribution in [2.24, 2.45) is 0 Å². The third kappa shape index (κ3) is 11.4. The fourth-order valence-electron chi connectivity index (χ4n) is 8.31. The fourth-order valence-corrected chi connectivity index (χ4v) is 10.4. The van der Waals surface area contributed by atoms with Crippen LogP contribution in [-0.2, 0) is 26.4 Å². The smallest absolute Gasteiger partial charge is 0.319 e. The Labute approximate surface area is 381 Å². The van der Waals surface area contributed by atoms with E-state index >= 15 is 0 Å². The number of ether oxygens (including phenoxy) is 1. The Morgan fingerprint density at radius 1 is 0.857 bits per heavy atom. The van der Waals surface area contributed by atoms with Crippen molar-refractivity contribution in [3.8, 4) is 5.75 Å². The Bertz CT molecular complexity index is 2170. The number of hydrogen-bond acceptors (Lipinski definition) is 8. The standard InChI is InChI=1S/C50H79N7O4Si2/c1-47(2,3)37-31-36(34-56(27-29-59-62(12,13)48(4,5)6)28-30-60-63(14,15)49(7,8)9)32-38(33-37)51-46(58)52-42-22-23-43(41-20-17-16-19-40(41)42)61-39-21-24-44-53-54-45(57(44)35-39)50(10)25-18-26-55(50)11/h16-17,19-21,24,31-33,35,42-43H,18,22-23,25-30,34H2,1-15H3,(H2,51,52,58)/t42-,43+,50-/m0/s1. The van der Waals surface area contributed by atoms with Gasteiger partial charge in [-0.3, -0.25) is 14.2 Å². The number of rotatable bonds is 15. The van der Waals surface area contributed by atoms with E-state index in [-0.39, 0.29) is 39.2 Å². The number of likely N-dealkylation sites (tertiary alicyclic amines) is 1. The molecule has 63 heavy (non-hydrogen) atoms. The molecule has 346 valence electrons. The number of hydrogen-bond donors (Lipinski definition) is 2. The van der Waals surface area contributed by atoms with Crippen LogP contribution in [-0.4, -0.2) is 87.0 Å². The Kier molecular flexibility index (Phi) is 14.5. The lowest BCUT2D eigenvalue weighted by molar-refractivity contribution is 0.160. The molecule has 11 nitrogen and oxygen atoms in total. The molecule has 2 N–H and O–H groups in total. The van der Waals surface area contributed by atoms with Gasteiger partial charge in [0.1, 0.15) is 11.9 Å². The zero-order valence-corrected chi connectivity index (χ0v) is 43.4. The predicted octanol–water partition coefficient (Wildman–Crippen LogP) is 11.6. The summed E-state index contributed by atoms with van der Waals surface area (Å²) < 4.78 is 22.2. The number of aromatic nitrogens is 3. The van der Waals surface area contributed by atoms with Crippen LogP contribution in [0.3, 0.4) is 0 Å². The SMILES string of the molecule is CN1CCC[C@@]1(C)c1nnc2ccc(O[C@@H]3CC[C@H](NC(=O)Nc4cc(CN(CCO[Si](C)(C)C(C)(C)C)CCO[Si](C)(C)C(C)(C)C)cc(C(C)(C)C)c4)c4ccccc43)cn12. The van der Waals surface area contributed by atoms with E-state index in [0.29, 0.717) is 13.2 Å². The fraction of sp³-hybridized carbons (Fsp3) is 0.620. The number of urea groups is 1. The Morgan fingerprint density at radius 2 is 1.49 bits per heavy atom. The third-order valence-electron chi connectivity index (χ3n) is 14.8. The van der Waals surface area contributed by atoms with Crippen LogP contribution >= 0.6 is 0 Å². The highest BCUT2D eigenvalue weighted by atomic mass is 28.4. The van der Waals surface area contributed by atoms with Crippen molar-refractivity contribution in [3.63, 3.8) is 0 Å². The van der Waals surface area contributed by atoms with Gasteiger partial charge in [-0.2, -0.15) is 0 Å². The second-order valence-corrected chi connectivity index (χ2v) is 32.2. The molecule has 2 aromatic heterocycles. The van der Waals surface area contributed by atoms with Crippen LogP contribution < -0.4 is 15.4 Å². The molecule has 6 rings (SSSR count). The summed E-state index contributed by atoms with van der Waals surface area (Å²) in [5.41, 5.74) is 5.81. The first-order valence-electron chi connectivity index (χ1n) is 23.3. The van der Waals surface area contributed by atoms with E-state index in [1.54, 1.807) is 0 Å². The Hall–Kier alpha value is -3.60. The second kappa shape index (κ2) is 18.7. The highest BCUT2D eigenvalue weighted by Crippen LogP contribution is 2.41. The van der Waals surface area contributed by atoms with Crippen molar-refractivity contribution in [2.45, 2.75) is 161 Å². The van der Waals surface area contributed by atoms with Crippen molar-refractivity contribution in [1.29, 1.82) is 0 Å². The summed E-state index contributed by atoms with van der Waals surface area (Å²) in [5, 5.41) is 16.0. The number of benzene rings is 2. The van der Waals surface area contributed by atoms with Gasteiger partial charge in [0.15, 0.2) is 28.1 Å². The molecule has 0 saturated carbocycles. The van der Waals surface area contributed by atoms with Gasteiger partial charge in [0.25, 0.3) is 0 Å². The number of fused-ring (bicyclic) bond motifs is 2. The van der Waals surface area contributed by atoms with Gasteiger partial charge in [-0.05, 0) is 134 Å². The largest absolute Gasteiger partial charge is 0.484 e. The van der Waals surface area contributed by atoms with Crippen molar-refractivity contribution in [3.05, 3.63) is 88.9 Å². The molecular weight excluding hydrogens is 819 g/mol. The maximum atomic E-state index is 14.0. The molecular formula is C50H79N7O4Si2. The van der Waals surface area contributed by atoms with Crippen molar-refractivity contribution in [2.75, 3.05) is 45.2 Å².